The highest BCUT2D eigenvalue weighted by Crippen LogP contribution is 2.21. The molecule has 0 aliphatic heterocycles. The molecule has 1 heterocycles. The van der Waals surface area contributed by atoms with Crippen LogP contribution in [0.2, 0.25) is 0 Å². The molecule has 0 aliphatic rings. The average Bonchev–Trinajstić information content (AvgIpc) is 3.11. The van der Waals surface area contributed by atoms with Crippen LogP contribution in [-0.2, 0) is 17.6 Å². The van der Waals surface area contributed by atoms with E-state index < -0.39 is 0 Å². The quantitative estimate of drug-likeness (QED) is 0.698. The maximum absolute atomic E-state index is 12.9. The smallest absolute Gasteiger partial charge is 0.220 e. The summed E-state index contributed by atoms with van der Waals surface area (Å²) in [7, 11) is 0. The fraction of sp³-hybridized carbons (Fsp3) is 0.200. The first kappa shape index (κ1) is 17.8. The highest BCUT2D eigenvalue weighted by Gasteiger charge is 2.09. The first-order valence-corrected chi connectivity index (χ1v) is 8.32. The molecule has 0 fully saturated rings. The Bertz CT molecular complexity index is 858. The van der Waals surface area contributed by atoms with Crippen molar-refractivity contribution in [3.63, 3.8) is 0 Å². The van der Waals surface area contributed by atoms with E-state index in [2.05, 4.69) is 10.3 Å². The third-order valence-corrected chi connectivity index (χ3v) is 3.90. The lowest BCUT2D eigenvalue weighted by molar-refractivity contribution is -0.121. The summed E-state index contributed by atoms with van der Waals surface area (Å²) >= 11 is 0. The molecule has 1 aromatic heterocycles. The van der Waals surface area contributed by atoms with Crippen molar-refractivity contribution in [3.05, 3.63) is 77.8 Å². The number of carbonyl (C=O) groups excluding carboxylic acids is 1. The number of hydrogen-bond acceptors (Lipinski definition) is 3. The lowest BCUT2D eigenvalue weighted by Gasteiger charge is -2.04. The second-order valence-electron chi connectivity index (χ2n) is 5.85. The van der Waals surface area contributed by atoms with Crippen LogP contribution in [0, 0.1) is 11.6 Å². The van der Waals surface area contributed by atoms with E-state index in [9.17, 15) is 13.6 Å². The number of aromatic nitrogens is 1. The van der Waals surface area contributed by atoms with Crippen LogP contribution in [0.1, 0.15) is 17.9 Å². The zero-order chi connectivity index (χ0) is 18.4. The molecule has 0 spiro atoms. The number of nitrogens with one attached hydrogen (secondary N) is 1. The van der Waals surface area contributed by atoms with E-state index in [0.29, 0.717) is 31.0 Å². The molecule has 4 nitrogen and oxygen atoms in total. The minimum absolute atomic E-state index is 0.103. The van der Waals surface area contributed by atoms with Crippen LogP contribution in [0.25, 0.3) is 11.3 Å². The molecule has 0 saturated carbocycles. The first-order valence-electron chi connectivity index (χ1n) is 8.32. The van der Waals surface area contributed by atoms with E-state index in [0.717, 1.165) is 11.1 Å². The van der Waals surface area contributed by atoms with Crippen LogP contribution in [-0.4, -0.2) is 17.4 Å². The van der Waals surface area contributed by atoms with E-state index in [-0.39, 0.29) is 24.0 Å². The molecular weight excluding hydrogens is 338 g/mol. The van der Waals surface area contributed by atoms with Gasteiger partial charge in [-0.3, -0.25) is 4.79 Å². The summed E-state index contributed by atoms with van der Waals surface area (Å²) < 4.78 is 31.4. The van der Waals surface area contributed by atoms with Crippen molar-refractivity contribution in [1.82, 2.24) is 10.3 Å². The van der Waals surface area contributed by atoms with Gasteiger partial charge in [-0.2, -0.15) is 0 Å². The molecule has 1 N–H and O–H groups in total. The molecule has 0 unspecified atom stereocenters. The van der Waals surface area contributed by atoms with E-state index in [1.54, 1.807) is 30.5 Å². The molecular formula is C20H18F2N2O2. The van der Waals surface area contributed by atoms with Gasteiger partial charge in [-0.15, -0.1) is 0 Å². The van der Waals surface area contributed by atoms with Crippen LogP contribution in [0.4, 0.5) is 8.78 Å². The third kappa shape index (κ3) is 4.99. The summed E-state index contributed by atoms with van der Waals surface area (Å²) in [6, 6.07) is 12.1. The maximum atomic E-state index is 12.9. The van der Waals surface area contributed by atoms with Crippen LogP contribution >= 0.6 is 0 Å². The molecule has 6 heteroatoms. The molecule has 0 aliphatic carbocycles. The normalized spacial score (nSPS) is 10.7. The number of halogens is 2. The fourth-order valence-corrected chi connectivity index (χ4v) is 2.48. The van der Waals surface area contributed by atoms with Crippen LogP contribution in [0.3, 0.4) is 0 Å². The first-order chi connectivity index (χ1) is 12.6. The minimum atomic E-state index is -0.314. The monoisotopic (exact) mass is 356 g/mol. The van der Waals surface area contributed by atoms with Crippen LogP contribution in [0.5, 0.6) is 0 Å². The van der Waals surface area contributed by atoms with Gasteiger partial charge in [0.2, 0.25) is 5.91 Å². The number of hydrogen-bond donors (Lipinski definition) is 1. The van der Waals surface area contributed by atoms with Gasteiger partial charge in [0.25, 0.3) is 0 Å². The van der Waals surface area contributed by atoms with Gasteiger partial charge in [0, 0.05) is 24.9 Å². The van der Waals surface area contributed by atoms with Crippen molar-refractivity contribution in [3.8, 4) is 11.3 Å². The Morgan fingerprint density at radius 1 is 0.962 bits per heavy atom. The number of oxazole rings is 1. The van der Waals surface area contributed by atoms with Crippen molar-refractivity contribution in [2.24, 2.45) is 0 Å². The summed E-state index contributed by atoms with van der Waals surface area (Å²) in [5, 5.41) is 2.82. The van der Waals surface area contributed by atoms with E-state index >= 15 is 0 Å². The third-order valence-electron chi connectivity index (χ3n) is 3.90. The Morgan fingerprint density at radius 3 is 2.31 bits per heavy atom. The van der Waals surface area contributed by atoms with E-state index in [4.69, 9.17) is 4.42 Å². The Hall–Kier alpha value is -3.02. The van der Waals surface area contributed by atoms with E-state index in [1.165, 1.54) is 24.3 Å². The van der Waals surface area contributed by atoms with Crippen molar-refractivity contribution in [2.75, 3.05) is 6.54 Å². The SMILES string of the molecule is O=C(CCc1ncc(-c2ccc(F)cc2)o1)NCCc1ccc(F)cc1. The molecule has 1 amide bonds. The second-order valence-corrected chi connectivity index (χ2v) is 5.85. The Labute approximate surface area is 149 Å². The predicted octanol–water partition coefficient (Wildman–Crippen LogP) is 3.91. The van der Waals surface area contributed by atoms with Crippen molar-refractivity contribution in [2.45, 2.75) is 19.3 Å². The Balaban J connectivity index is 1.43. The lowest BCUT2D eigenvalue weighted by Crippen LogP contribution is -2.25. The zero-order valence-corrected chi connectivity index (χ0v) is 14.0. The molecule has 0 bridgehead atoms. The minimum Gasteiger partial charge on any atom is -0.441 e. The largest absolute Gasteiger partial charge is 0.441 e. The molecule has 2 aromatic carbocycles. The summed E-state index contributed by atoms with van der Waals surface area (Å²) in [6.45, 7) is 0.483. The molecule has 26 heavy (non-hydrogen) atoms. The number of amides is 1. The molecule has 0 saturated heterocycles. The molecule has 0 radical (unpaired) electrons. The Kier molecular flexibility index (Phi) is 5.73. The predicted molar refractivity (Wildman–Crippen MR) is 93.3 cm³/mol. The van der Waals surface area contributed by atoms with Gasteiger partial charge in [-0.25, -0.2) is 13.8 Å². The summed E-state index contributed by atoms with van der Waals surface area (Å²) in [5.41, 5.74) is 1.69. The number of rotatable bonds is 7. The summed E-state index contributed by atoms with van der Waals surface area (Å²) in [4.78, 5) is 16.0. The van der Waals surface area contributed by atoms with Gasteiger partial charge in [-0.05, 0) is 48.4 Å². The topological polar surface area (TPSA) is 55.1 Å². The maximum Gasteiger partial charge on any atom is 0.220 e. The standard InChI is InChI=1S/C20H18F2N2O2/c21-16-5-1-14(2-6-16)11-12-23-19(25)9-10-20-24-13-18(26-20)15-3-7-17(22)8-4-15/h1-8,13H,9-12H2,(H,23,25). The Morgan fingerprint density at radius 2 is 1.62 bits per heavy atom. The summed E-state index contributed by atoms with van der Waals surface area (Å²) in [5.74, 6) is 0.304. The number of benzene rings is 2. The highest BCUT2D eigenvalue weighted by atomic mass is 19.1. The average molecular weight is 356 g/mol. The lowest BCUT2D eigenvalue weighted by atomic mass is 10.1. The van der Waals surface area contributed by atoms with Crippen molar-refractivity contribution in [1.29, 1.82) is 0 Å². The van der Waals surface area contributed by atoms with Gasteiger partial charge in [0.05, 0.1) is 6.20 Å². The van der Waals surface area contributed by atoms with Gasteiger partial charge in [0.15, 0.2) is 11.7 Å². The van der Waals surface area contributed by atoms with Crippen molar-refractivity contribution < 1.29 is 18.0 Å². The van der Waals surface area contributed by atoms with Gasteiger partial charge < -0.3 is 9.73 Å². The molecule has 0 atom stereocenters. The second kappa shape index (κ2) is 8.38. The molecule has 134 valence electrons. The highest BCUT2D eigenvalue weighted by molar-refractivity contribution is 5.76. The van der Waals surface area contributed by atoms with Gasteiger partial charge >= 0.3 is 0 Å². The number of carbonyl (C=O) groups is 1. The fourth-order valence-electron chi connectivity index (χ4n) is 2.48. The zero-order valence-electron chi connectivity index (χ0n) is 14.0. The van der Waals surface area contributed by atoms with Gasteiger partial charge in [-0.1, -0.05) is 12.1 Å². The molecule has 3 aromatic rings. The van der Waals surface area contributed by atoms with Crippen molar-refractivity contribution >= 4 is 5.91 Å². The van der Waals surface area contributed by atoms with Gasteiger partial charge in [0.1, 0.15) is 11.6 Å². The molecule has 3 rings (SSSR count). The van der Waals surface area contributed by atoms with Crippen LogP contribution in [0.15, 0.2) is 59.1 Å². The van der Waals surface area contributed by atoms with Crippen LogP contribution < -0.4 is 5.32 Å². The summed E-state index contributed by atoms with van der Waals surface area (Å²) in [6.07, 6.45) is 2.84. The number of aryl methyl sites for hydroxylation is 1. The number of nitrogens with zero attached hydrogens (tertiary/aromatic N) is 1. The van der Waals surface area contributed by atoms with E-state index in [1.807, 2.05) is 0 Å².